The Bertz CT molecular complexity index is 51.2. The van der Waals surface area contributed by atoms with Gasteiger partial charge in [-0.15, -0.1) is 0 Å². The van der Waals surface area contributed by atoms with Gasteiger partial charge in [0.2, 0.25) is 0 Å². The van der Waals surface area contributed by atoms with Crippen molar-refractivity contribution in [2.45, 2.75) is 40.5 Å². The predicted molar refractivity (Wildman–Crippen MR) is 44.8 cm³/mol. The fraction of sp³-hybridized carbons (Fsp3) is 1.00. The standard InChI is InChI=1S/C8H18.ClO/c1-5-8(6-2)7(3)4;1-2/h7-8H,5-6H2,1-4H3;/q;-1. The maximum Gasteiger partial charge on any atom is -0.0396 e. The van der Waals surface area contributed by atoms with Crippen molar-refractivity contribution >= 4 is 11.9 Å². The van der Waals surface area contributed by atoms with E-state index in [0.717, 1.165) is 11.8 Å². The van der Waals surface area contributed by atoms with Gasteiger partial charge in [0.15, 0.2) is 0 Å². The van der Waals surface area contributed by atoms with Crippen LogP contribution in [0, 0.1) is 11.8 Å². The first-order chi connectivity index (χ1) is 4.72. The van der Waals surface area contributed by atoms with Crippen LogP contribution in [0.2, 0.25) is 0 Å². The monoisotopic (exact) mass is 165 g/mol. The van der Waals surface area contributed by atoms with Crippen molar-refractivity contribution in [2.24, 2.45) is 11.8 Å². The van der Waals surface area contributed by atoms with Crippen LogP contribution in [0.1, 0.15) is 40.5 Å². The molecule has 10 heavy (non-hydrogen) atoms. The van der Waals surface area contributed by atoms with Crippen molar-refractivity contribution in [3.05, 3.63) is 0 Å². The molecule has 0 aliphatic carbocycles. The molecule has 0 atom stereocenters. The van der Waals surface area contributed by atoms with Crippen LogP contribution in [0.3, 0.4) is 0 Å². The Balaban J connectivity index is 0. The second-order valence-corrected chi connectivity index (χ2v) is 2.82. The lowest BCUT2D eigenvalue weighted by Crippen LogP contribution is -2.04. The lowest BCUT2D eigenvalue weighted by molar-refractivity contribution is -0.166. The van der Waals surface area contributed by atoms with E-state index >= 15 is 0 Å². The van der Waals surface area contributed by atoms with Crippen molar-refractivity contribution in [3.8, 4) is 0 Å². The van der Waals surface area contributed by atoms with Gasteiger partial charge in [0.25, 0.3) is 0 Å². The van der Waals surface area contributed by atoms with E-state index in [4.69, 9.17) is 4.66 Å². The van der Waals surface area contributed by atoms with E-state index in [1.807, 2.05) is 0 Å². The highest BCUT2D eigenvalue weighted by Gasteiger charge is 2.06. The second-order valence-electron chi connectivity index (χ2n) is 2.82. The molecule has 0 N–H and O–H groups in total. The van der Waals surface area contributed by atoms with E-state index in [2.05, 4.69) is 39.6 Å². The molecule has 0 aromatic carbocycles. The molecule has 0 saturated heterocycles. The zero-order chi connectivity index (χ0) is 8.57. The number of hydrogen-bond donors (Lipinski definition) is 0. The summed E-state index contributed by atoms with van der Waals surface area (Å²) in [5.41, 5.74) is 0. The fourth-order valence-corrected chi connectivity index (χ4v) is 1.23. The largest absolute Gasteiger partial charge is 0.769 e. The van der Waals surface area contributed by atoms with Crippen LogP contribution in [-0.2, 0) is 0 Å². The summed E-state index contributed by atoms with van der Waals surface area (Å²) in [7, 11) is 0. The van der Waals surface area contributed by atoms with Crippen molar-refractivity contribution in [1.29, 1.82) is 0 Å². The molecule has 0 radical (unpaired) electrons. The Labute approximate surface area is 69.6 Å². The molecule has 0 aromatic heterocycles. The number of rotatable bonds is 3. The van der Waals surface area contributed by atoms with E-state index in [1.54, 1.807) is 0 Å². The first-order valence-electron chi connectivity index (χ1n) is 3.87. The van der Waals surface area contributed by atoms with Gasteiger partial charge in [0.05, 0.1) is 0 Å². The van der Waals surface area contributed by atoms with Gasteiger partial charge in [-0.2, -0.15) is 0 Å². The third-order valence-electron chi connectivity index (χ3n) is 1.99. The van der Waals surface area contributed by atoms with Crippen LogP contribution in [0.15, 0.2) is 0 Å². The van der Waals surface area contributed by atoms with Gasteiger partial charge in [-0.05, 0) is 11.8 Å². The minimum absolute atomic E-state index is 0.880. The van der Waals surface area contributed by atoms with E-state index in [-0.39, 0.29) is 0 Å². The van der Waals surface area contributed by atoms with Gasteiger partial charge >= 0.3 is 0 Å². The summed E-state index contributed by atoms with van der Waals surface area (Å²) in [6, 6.07) is 0. The average molecular weight is 166 g/mol. The fourth-order valence-electron chi connectivity index (χ4n) is 1.23. The van der Waals surface area contributed by atoms with Gasteiger partial charge in [-0.3, -0.25) is 0 Å². The van der Waals surface area contributed by atoms with Crippen LogP contribution in [0.25, 0.3) is 0 Å². The van der Waals surface area contributed by atoms with Crippen LogP contribution in [-0.4, -0.2) is 0 Å². The minimum Gasteiger partial charge on any atom is -0.769 e. The third-order valence-corrected chi connectivity index (χ3v) is 1.99. The highest BCUT2D eigenvalue weighted by Crippen LogP contribution is 2.17. The molecule has 64 valence electrons. The van der Waals surface area contributed by atoms with Crippen LogP contribution < -0.4 is 4.66 Å². The Morgan fingerprint density at radius 1 is 1.10 bits per heavy atom. The van der Waals surface area contributed by atoms with Crippen molar-refractivity contribution in [1.82, 2.24) is 0 Å². The smallest absolute Gasteiger partial charge is 0.0396 e. The molecular weight excluding hydrogens is 148 g/mol. The summed E-state index contributed by atoms with van der Waals surface area (Å²) in [6.45, 7) is 9.15. The summed E-state index contributed by atoms with van der Waals surface area (Å²) in [5.74, 6) is 1.83. The van der Waals surface area contributed by atoms with Gasteiger partial charge in [-0.25, -0.2) is 11.9 Å². The molecule has 0 aliphatic heterocycles. The Kier molecular flexibility index (Phi) is 11.9. The molecule has 0 rings (SSSR count). The molecule has 0 spiro atoms. The topological polar surface area (TPSA) is 23.1 Å². The highest BCUT2D eigenvalue weighted by atomic mass is 35.5. The molecular formula is C8H18ClO-. The van der Waals surface area contributed by atoms with Crippen molar-refractivity contribution < 1.29 is 4.66 Å². The maximum atomic E-state index is 7.72. The predicted octanol–water partition coefficient (Wildman–Crippen LogP) is 2.58. The Hall–Kier alpha value is 0.250. The average Bonchev–Trinajstić information content (AvgIpc) is 1.94. The molecule has 0 aliphatic rings. The van der Waals surface area contributed by atoms with E-state index < -0.39 is 0 Å². The molecule has 2 heteroatoms. The van der Waals surface area contributed by atoms with Gasteiger partial charge < -0.3 is 4.66 Å². The summed E-state index contributed by atoms with van der Waals surface area (Å²) >= 11 is 3.39. The van der Waals surface area contributed by atoms with Crippen molar-refractivity contribution in [2.75, 3.05) is 0 Å². The summed E-state index contributed by atoms with van der Waals surface area (Å²) < 4.78 is 7.72. The van der Waals surface area contributed by atoms with Gasteiger partial charge in [0.1, 0.15) is 0 Å². The Morgan fingerprint density at radius 3 is 1.40 bits per heavy atom. The SMILES string of the molecule is CCC(CC)C(C)C.[O-]Cl. The third kappa shape index (κ3) is 6.37. The number of hydrogen-bond acceptors (Lipinski definition) is 1. The zero-order valence-electron chi connectivity index (χ0n) is 7.36. The Morgan fingerprint density at radius 2 is 1.40 bits per heavy atom. The minimum atomic E-state index is 0.880. The van der Waals surface area contributed by atoms with Crippen LogP contribution in [0.4, 0.5) is 0 Å². The molecule has 0 saturated carbocycles. The van der Waals surface area contributed by atoms with E-state index in [9.17, 15) is 0 Å². The van der Waals surface area contributed by atoms with Crippen LogP contribution >= 0.6 is 11.9 Å². The molecule has 0 unspecified atom stereocenters. The van der Waals surface area contributed by atoms with Gasteiger partial charge in [0, 0.05) is 0 Å². The molecule has 0 bridgehead atoms. The van der Waals surface area contributed by atoms with Crippen LogP contribution in [0.5, 0.6) is 0 Å². The zero-order valence-corrected chi connectivity index (χ0v) is 8.11. The number of halogens is 1. The van der Waals surface area contributed by atoms with Gasteiger partial charge in [-0.1, -0.05) is 40.5 Å². The normalized spacial score (nSPS) is 9.60. The molecule has 0 fully saturated rings. The molecule has 0 heterocycles. The summed E-state index contributed by atoms with van der Waals surface area (Å²) in [4.78, 5) is 0. The summed E-state index contributed by atoms with van der Waals surface area (Å²) in [5, 5.41) is 0. The lowest BCUT2D eigenvalue weighted by Gasteiger charge is -2.15. The van der Waals surface area contributed by atoms with E-state index in [1.165, 1.54) is 12.8 Å². The lowest BCUT2D eigenvalue weighted by atomic mass is 9.91. The first-order valence-corrected chi connectivity index (χ1v) is 4.18. The quantitative estimate of drug-likeness (QED) is 0.631. The second kappa shape index (κ2) is 9.25. The van der Waals surface area contributed by atoms with Crippen molar-refractivity contribution in [3.63, 3.8) is 0 Å². The molecule has 1 nitrogen and oxygen atoms in total. The first kappa shape index (κ1) is 12.9. The molecule has 0 amide bonds. The maximum absolute atomic E-state index is 7.72. The van der Waals surface area contributed by atoms with E-state index in [0.29, 0.717) is 0 Å². The molecule has 0 aromatic rings. The summed E-state index contributed by atoms with van der Waals surface area (Å²) in [6.07, 6.45) is 2.68. The highest BCUT2D eigenvalue weighted by molar-refractivity contribution is 6.02.